The van der Waals surface area contributed by atoms with Gasteiger partial charge in [0.25, 0.3) is 0 Å². The van der Waals surface area contributed by atoms with E-state index in [9.17, 15) is 8.78 Å². The molecule has 110 valence electrons. The van der Waals surface area contributed by atoms with Gasteiger partial charge in [-0.15, -0.1) is 0 Å². The minimum atomic E-state index is -0.618. The smallest absolute Gasteiger partial charge is 0.145 e. The summed E-state index contributed by atoms with van der Waals surface area (Å²) in [6.07, 6.45) is 0. The zero-order valence-corrected chi connectivity index (χ0v) is 13.7. The lowest BCUT2D eigenvalue weighted by Crippen LogP contribution is -2.13. The summed E-state index contributed by atoms with van der Waals surface area (Å²) in [4.78, 5) is -0.0342. The number of hydrogen-bond acceptors (Lipinski definition) is 2. The Kier molecular flexibility index (Phi) is 5.13. The molecular formula is C14H9BrClF2NOS. The molecule has 2 rings (SSSR count). The van der Waals surface area contributed by atoms with Gasteiger partial charge < -0.3 is 10.5 Å². The monoisotopic (exact) mass is 391 g/mol. The lowest BCUT2D eigenvalue weighted by molar-refractivity contribution is 0.296. The van der Waals surface area contributed by atoms with Crippen molar-refractivity contribution in [2.24, 2.45) is 5.73 Å². The van der Waals surface area contributed by atoms with Crippen molar-refractivity contribution in [3.63, 3.8) is 0 Å². The normalized spacial score (nSPS) is 10.5. The number of ether oxygens (including phenoxy) is 1. The van der Waals surface area contributed by atoms with E-state index in [0.717, 1.165) is 6.07 Å². The molecule has 0 amide bonds. The molecule has 0 saturated carbocycles. The van der Waals surface area contributed by atoms with E-state index in [1.54, 1.807) is 6.07 Å². The molecule has 0 aliphatic carbocycles. The van der Waals surface area contributed by atoms with Crippen molar-refractivity contribution in [3.05, 3.63) is 62.6 Å². The van der Waals surface area contributed by atoms with E-state index >= 15 is 0 Å². The maximum atomic E-state index is 14.1. The van der Waals surface area contributed by atoms with Crippen molar-refractivity contribution in [1.82, 2.24) is 0 Å². The highest BCUT2D eigenvalue weighted by molar-refractivity contribution is 9.10. The predicted octanol–water partition coefficient (Wildman–Crippen LogP) is 4.59. The molecule has 0 saturated heterocycles. The second kappa shape index (κ2) is 6.68. The molecule has 0 radical (unpaired) electrons. The average molecular weight is 393 g/mol. The van der Waals surface area contributed by atoms with Gasteiger partial charge in [0, 0.05) is 17.2 Å². The van der Waals surface area contributed by atoms with Crippen LogP contribution in [-0.2, 0) is 6.61 Å². The third-order valence-corrected chi connectivity index (χ3v) is 3.83. The molecule has 0 aliphatic heterocycles. The first-order chi connectivity index (χ1) is 9.90. The SMILES string of the molecule is NC(=S)c1cccc(COc2cc(F)c(Cl)cc2Br)c1F. The standard InChI is InChI=1S/C14H9BrClF2NOS/c15-9-4-10(16)11(17)5-12(9)20-6-7-2-1-3-8(13(7)18)14(19)21/h1-5H,6H2,(H2,19,21). The van der Waals surface area contributed by atoms with Crippen molar-refractivity contribution in [3.8, 4) is 5.75 Å². The molecule has 2 nitrogen and oxygen atoms in total. The summed E-state index contributed by atoms with van der Waals surface area (Å²) in [5, 5.41) is -0.0316. The van der Waals surface area contributed by atoms with Gasteiger partial charge in [-0.3, -0.25) is 0 Å². The molecule has 0 spiro atoms. The molecule has 21 heavy (non-hydrogen) atoms. The molecule has 0 fully saturated rings. The topological polar surface area (TPSA) is 35.2 Å². The van der Waals surface area contributed by atoms with Crippen molar-refractivity contribution < 1.29 is 13.5 Å². The third-order valence-electron chi connectivity index (χ3n) is 2.70. The molecule has 0 bridgehead atoms. The van der Waals surface area contributed by atoms with Crippen LogP contribution in [0.4, 0.5) is 8.78 Å². The maximum Gasteiger partial charge on any atom is 0.145 e. The highest BCUT2D eigenvalue weighted by Crippen LogP contribution is 2.31. The average Bonchev–Trinajstić information content (AvgIpc) is 2.42. The molecule has 0 atom stereocenters. The Morgan fingerprint density at radius 1 is 1.33 bits per heavy atom. The van der Waals surface area contributed by atoms with E-state index in [1.807, 2.05) is 0 Å². The first-order valence-electron chi connectivity index (χ1n) is 5.74. The maximum absolute atomic E-state index is 14.1. The zero-order valence-electron chi connectivity index (χ0n) is 10.5. The minimum absolute atomic E-state index is 0.0316. The molecule has 0 aliphatic rings. The Bertz CT molecular complexity index is 712. The molecular weight excluding hydrogens is 384 g/mol. The van der Waals surface area contributed by atoms with Gasteiger partial charge in [-0.05, 0) is 28.1 Å². The summed E-state index contributed by atoms with van der Waals surface area (Å²) in [6.45, 7) is -0.0953. The predicted molar refractivity (Wildman–Crippen MR) is 85.7 cm³/mol. The van der Waals surface area contributed by atoms with Crippen molar-refractivity contribution in [2.75, 3.05) is 0 Å². The van der Waals surface area contributed by atoms with E-state index in [-0.39, 0.29) is 33.5 Å². The molecule has 2 aromatic carbocycles. The lowest BCUT2D eigenvalue weighted by atomic mass is 10.1. The second-order valence-corrected chi connectivity index (χ2v) is 5.83. The Morgan fingerprint density at radius 3 is 2.71 bits per heavy atom. The van der Waals surface area contributed by atoms with Gasteiger partial charge in [-0.1, -0.05) is 36.0 Å². The molecule has 0 unspecified atom stereocenters. The number of halogens is 4. The van der Waals surface area contributed by atoms with E-state index in [0.29, 0.717) is 4.47 Å². The number of rotatable bonds is 4. The van der Waals surface area contributed by atoms with Crippen molar-refractivity contribution in [2.45, 2.75) is 6.61 Å². The lowest BCUT2D eigenvalue weighted by Gasteiger charge is -2.11. The van der Waals surface area contributed by atoms with Crippen molar-refractivity contribution in [1.29, 1.82) is 0 Å². The number of benzene rings is 2. The van der Waals surface area contributed by atoms with Crippen LogP contribution in [0.25, 0.3) is 0 Å². The third kappa shape index (κ3) is 3.70. The van der Waals surface area contributed by atoms with Gasteiger partial charge in [0.1, 0.15) is 29.0 Å². The molecule has 2 aromatic rings. The molecule has 2 N–H and O–H groups in total. The van der Waals surface area contributed by atoms with E-state index in [4.69, 9.17) is 34.3 Å². The van der Waals surface area contributed by atoms with Crippen LogP contribution in [0.1, 0.15) is 11.1 Å². The minimum Gasteiger partial charge on any atom is -0.488 e. The molecule has 0 aromatic heterocycles. The fourth-order valence-electron chi connectivity index (χ4n) is 1.65. The number of nitrogens with two attached hydrogens (primary N) is 1. The van der Waals surface area contributed by atoms with Gasteiger partial charge in [-0.2, -0.15) is 0 Å². The van der Waals surface area contributed by atoms with E-state index in [1.165, 1.54) is 18.2 Å². The van der Waals surface area contributed by atoms with Crippen LogP contribution in [0.5, 0.6) is 5.75 Å². The Labute approximate surface area is 139 Å². The summed E-state index contributed by atoms with van der Waals surface area (Å²) in [6, 6.07) is 7.14. The van der Waals surface area contributed by atoms with Crippen molar-refractivity contribution >= 4 is 44.7 Å². The van der Waals surface area contributed by atoms with Gasteiger partial charge in [0.15, 0.2) is 0 Å². The first kappa shape index (κ1) is 16.1. The van der Waals surface area contributed by atoms with Gasteiger partial charge in [-0.25, -0.2) is 8.78 Å². The second-order valence-electron chi connectivity index (χ2n) is 4.13. The number of hydrogen-bond donors (Lipinski definition) is 1. The van der Waals surface area contributed by atoms with Gasteiger partial charge in [0.05, 0.1) is 9.50 Å². The molecule has 0 heterocycles. The summed E-state index contributed by atoms with van der Waals surface area (Å²) >= 11 is 13.6. The largest absolute Gasteiger partial charge is 0.488 e. The first-order valence-corrected chi connectivity index (χ1v) is 7.32. The van der Waals surface area contributed by atoms with Crippen LogP contribution in [-0.4, -0.2) is 4.99 Å². The molecule has 7 heteroatoms. The number of thiocarbonyl (C=S) groups is 1. The summed E-state index contributed by atoms with van der Waals surface area (Å²) in [5.74, 6) is -0.945. The Morgan fingerprint density at radius 2 is 2.05 bits per heavy atom. The van der Waals surface area contributed by atoms with E-state index in [2.05, 4.69) is 15.9 Å². The fraction of sp³-hybridized carbons (Fsp3) is 0.0714. The van der Waals surface area contributed by atoms with Crippen LogP contribution in [0.15, 0.2) is 34.8 Å². The quantitative estimate of drug-likeness (QED) is 0.610. The van der Waals surface area contributed by atoms with Crippen LogP contribution in [0.2, 0.25) is 5.02 Å². The van der Waals surface area contributed by atoms with Crippen LogP contribution in [0.3, 0.4) is 0 Å². The Balaban J connectivity index is 2.23. The summed E-state index contributed by atoms with van der Waals surface area (Å²) in [7, 11) is 0. The fourth-order valence-corrected chi connectivity index (χ4v) is 2.56. The van der Waals surface area contributed by atoms with Gasteiger partial charge >= 0.3 is 0 Å². The van der Waals surface area contributed by atoms with Gasteiger partial charge in [0.2, 0.25) is 0 Å². The van der Waals surface area contributed by atoms with Crippen LogP contribution < -0.4 is 10.5 Å². The zero-order chi connectivity index (χ0) is 15.6. The summed E-state index contributed by atoms with van der Waals surface area (Å²) < 4.78 is 33.4. The van der Waals surface area contributed by atoms with Crippen LogP contribution in [0, 0.1) is 11.6 Å². The summed E-state index contributed by atoms with van der Waals surface area (Å²) in [5.41, 5.74) is 5.84. The van der Waals surface area contributed by atoms with E-state index < -0.39 is 11.6 Å². The highest BCUT2D eigenvalue weighted by Gasteiger charge is 2.12. The highest BCUT2D eigenvalue weighted by atomic mass is 79.9. The van der Waals surface area contributed by atoms with Crippen LogP contribution >= 0.6 is 39.7 Å². The Hall–Kier alpha value is -1.24.